The van der Waals surface area contributed by atoms with E-state index in [-0.39, 0.29) is 11.3 Å². The lowest BCUT2D eigenvalue weighted by Gasteiger charge is -2.13. The maximum Gasteiger partial charge on any atom is 0.263 e. The van der Waals surface area contributed by atoms with E-state index in [0.29, 0.717) is 11.4 Å². The summed E-state index contributed by atoms with van der Waals surface area (Å²) in [6.07, 6.45) is 6.85. The molecule has 4 nitrogen and oxygen atoms in total. The van der Waals surface area contributed by atoms with Crippen LogP contribution in [-0.2, 0) is 24.8 Å². The highest BCUT2D eigenvalue weighted by molar-refractivity contribution is 7.13. The van der Waals surface area contributed by atoms with E-state index in [9.17, 15) is 4.79 Å². The van der Waals surface area contributed by atoms with Gasteiger partial charge in [0.05, 0.1) is 16.9 Å². The molecular formula is C27H31N3OS2. The number of aryl methyl sites for hydroxylation is 3. The Morgan fingerprint density at radius 1 is 1.24 bits per heavy atom. The molecule has 0 aliphatic heterocycles. The van der Waals surface area contributed by atoms with Crippen molar-refractivity contribution in [2.45, 2.75) is 65.8 Å². The van der Waals surface area contributed by atoms with Gasteiger partial charge in [-0.1, -0.05) is 39.5 Å². The van der Waals surface area contributed by atoms with E-state index < -0.39 is 0 Å². The van der Waals surface area contributed by atoms with Gasteiger partial charge in [-0.15, -0.1) is 22.7 Å². The molecule has 0 atom stereocenters. The number of amides is 1. The highest BCUT2D eigenvalue weighted by Gasteiger charge is 2.24. The predicted octanol–water partition coefficient (Wildman–Crippen LogP) is 6.52. The summed E-state index contributed by atoms with van der Waals surface area (Å²) >= 11 is 3.37. The molecule has 2 aromatic heterocycles. The molecule has 1 N–H and O–H groups in total. The molecule has 33 heavy (non-hydrogen) atoms. The third-order valence-electron chi connectivity index (χ3n) is 5.98. The van der Waals surface area contributed by atoms with Crippen molar-refractivity contribution < 1.29 is 4.79 Å². The van der Waals surface area contributed by atoms with E-state index >= 15 is 0 Å². The highest BCUT2D eigenvalue weighted by atomic mass is 32.1. The Bertz CT molecular complexity index is 1240. The quantitative estimate of drug-likeness (QED) is 0.411. The molecule has 6 heteroatoms. The topological polar surface area (TPSA) is 54.4 Å². The fraction of sp³-hybridized carbons (Fsp3) is 0.370. The maximum atomic E-state index is 12.7. The fourth-order valence-electron chi connectivity index (χ4n) is 4.26. The second-order valence-electron chi connectivity index (χ2n) is 9.55. The molecule has 0 bridgehead atoms. The van der Waals surface area contributed by atoms with E-state index in [1.165, 1.54) is 45.1 Å². The third-order valence-corrected chi connectivity index (χ3v) is 8.61. The standard InChI is InChI=1S/C27H31N3OS2/c1-7-28-24(23-17(3)32-21-10-8-9-20(21)23)18-11-12-19(16(2)13-18)14-29-25(31)22-15-30-26(33-22)27(4,5)6/h7,11-13,15H,1,8-10,14H2,2-6H3,(H,29,31). The number of aliphatic imine (C=N–C) groups is 1. The van der Waals surface area contributed by atoms with Crippen LogP contribution in [0.5, 0.6) is 0 Å². The summed E-state index contributed by atoms with van der Waals surface area (Å²) in [7, 11) is 0. The van der Waals surface area contributed by atoms with Gasteiger partial charge in [-0.2, -0.15) is 0 Å². The van der Waals surface area contributed by atoms with Gasteiger partial charge in [0.25, 0.3) is 5.91 Å². The van der Waals surface area contributed by atoms with Crippen molar-refractivity contribution in [2.75, 3.05) is 0 Å². The van der Waals surface area contributed by atoms with Crippen molar-refractivity contribution in [1.29, 1.82) is 0 Å². The van der Waals surface area contributed by atoms with Gasteiger partial charge in [0, 0.05) is 39.0 Å². The lowest BCUT2D eigenvalue weighted by Crippen LogP contribution is -2.22. The zero-order valence-corrected chi connectivity index (χ0v) is 21.7. The number of carbonyl (C=O) groups is 1. The average Bonchev–Trinajstić information content (AvgIpc) is 3.47. The van der Waals surface area contributed by atoms with Gasteiger partial charge < -0.3 is 5.32 Å². The van der Waals surface area contributed by atoms with Crippen molar-refractivity contribution in [1.82, 2.24) is 10.3 Å². The molecule has 0 unspecified atom stereocenters. The Balaban J connectivity index is 1.53. The number of thiazole rings is 1. The van der Waals surface area contributed by atoms with Crippen LogP contribution >= 0.6 is 22.7 Å². The monoisotopic (exact) mass is 477 g/mol. The molecule has 1 amide bonds. The second kappa shape index (κ2) is 9.35. The van der Waals surface area contributed by atoms with Gasteiger partial charge in [0.2, 0.25) is 0 Å². The number of carbonyl (C=O) groups excluding carboxylic acids is 1. The predicted molar refractivity (Wildman–Crippen MR) is 140 cm³/mol. The van der Waals surface area contributed by atoms with Gasteiger partial charge in [0.1, 0.15) is 4.88 Å². The summed E-state index contributed by atoms with van der Waals surface area (Å²) in [5.41, 5.74) is 7.02. The smallest absolute Gasteiger partial charge is 0.263 e. The molecule has 3 aromatic rings. The molecule has 1 aliphatic rings. The van der Waals surface area contributed by atoms with Crippen LogP contribution in [0.1, 0.15) is 79.4 Å². The number of hydrogen-bond acceptors (Lipinski definition) is 5. The fourth-order valence-corrected chi connectivity index (χ4v) is 6.41. The average molecular weight is 478 g/mol. The number of fused-ring (bicyclic) bond motifs is 1. The van der Waals surface area contributed by atoms with Crippen molar-refractivity contribution in [3.8, 4) is 0 Å². The molecular weight excluding hydrogens is 446 g/mol. The van der Waals surface area contributed by atoms with Gasteiger partial charge in [-0.25, -0.2) is 4.98 Å². The number of aromatic nitrogens is 1. The van der Waals surface area contributed by atoms with Crippen molar-refractivity contribution in [3.63, 3.8) is 0 Å². The number of nitrogens with zero attached hydrogens (tertiary/aromatic N) is 2. The Morgan fingerprint density at radius 2 is 2.03 bits per heavy atom. The van der Waals surface area contributed by atoms with E-state index in [0.717, 1.165) is 33.8 Å². The largest absolute Gasteiger partial charge is 0.347 e. The Labute approximate surface area is 204 Å². The first-order valence-corrected chi connectivity index (χ1v) is 13.0. The Morgan fingerprint density at radius 3 is 2.70 bits per heavy atom. The first-order valence-electron chi connectivity index (χ1n) is 11.3. The van der Waals surface area contributed by atoms with Crippen LogP contribution in [0.4, 0.5) is 0 Å². The molecule has 0 radical (unpaired) electrons. The molecule has 2 heterocycles. The summed E-state index contributed by atoms with van der Waals surface area (Å²) in [4.78, 5) is 25.3. The lowest BCUT2D eigenvalue weighted by molar-refractivity contribution is 0.0954. The summed E-state index contributed by atoms with van der Waals surface area (Å²) in [6, 6.07) is 6.38. The second-order valence-corrected chi connectivity index (χ2v) is 11.9. The summed E-state index contributed by atoms with van der Waals surface area (Å²) in [6.45, 7) is 14.9. The molecule has 1 aliphatic carbocycles. The van der Waals surface area contributed by atoms with Crippen LogP contribution in [0.15, 0.2) is 42.2 Å². The molecule has 0 saturated heterocycles. The Kier molecular flexibility index (Phi) is 6.68. The van der Waals surface area contributed by atoms with Gasteiger partial charge in [-0.3, -0.25) is 9.79 Å². The first-order chi connectivity index (χ1) is 15.7. The molecule has 0 saturated carbocycles. The maximum absolute atomic E-state index is 12.7. The summed E-state index contributed by atoms with van der Waals surface area (Å²) < 4.78 is 0. The number of benzene rings is 1. The van der Waals surface area contributed by atoms with Crippen LogP contribution in [0.2, 0.25) is 0 Å². The normalized spacial score (nSPS) is 13.8. The van der Waals surface area contributed by atoms with Crippen LogP contribution < -0.4 is 5.32 Å². The van der Waals surface area contributed by atoms with Gasteiger partial charge in [-0.05, 0) is 55.9 Å². The minimum Gasteiger partial charge on any atom is -0.347 e. The lowest BCUT2D eigenvalue weighted by atomic mass is 9.95. The minimum atomic E-state index is -0.0788. The summed E-state index contributed by atoms with van der Waals surface area (Å²) in [5, 5.41) is 4.02. The van der Waals surface area contributed by atoms with Crippen molar-refractivity contribution >= 4 is 34.3 Å². The van der Waals surface area contributed by atoms with E-state index in [1.54, 1.807) is 12.4 Å². The molecule has 1 aromatic carbocycles. The number of thiophene rings is 1. The number of rotatable bonds is 6. The van der Waals surface area contributed by atoms with E-state index in [2.05, 4.69) is 69.7 Å². The first kappa shape index (κ1) is 23.6. The number of hydrogen-bond donors (Lipinski definition) is 1. The van der Waals surface area contributed by atoms with Crippen LogP contribution in [-0.4, -0.2) is 16.6 Å². The Hall–Kier alpha value is -2.57. The number of nitrogens with one attached hydrogen (secondary N) is 1. The molecule has 172 valence electrons. The van der Waals surface area contributed by atoms with Crippen LogP contribution in [0, 0.1) is 13.8 Å². The zero-order chi connectivity index (χ0) is 23.8. The zero-order valence-electron chi connectivity index (χ0n) is 20.0. The van der Waals surface area contributed by atoms with E-state index in [4.69, 9.17) is 4.99 Å². The SMILES string of the molecule is C=CN=C(c1ccc(CNC(=O)c2cnc(C(C)(C)C)s2)c(C)c1)c1c(C)sc2c1CCC2. The molecule has 0 spiro atoms. The minimum absolute atomic E-state index is 0.0543. The van der Waals surface area contributed by atoms with Gasteiger partial charge >= 0.3 is 0 Å². The van der Waals surface area contributed by atoms with Crippen LogP contribution in [0.3, 0.4) is 0 Å². The van der Waals surface area contributed by atoms with Crippen LogP contribution in [0.25, 0.3) is 0 Å². The highest BCUT2D eigenvalue weighted by Crippen LogP contribution is 2.36. The van der Waals surface area contributed by atoms with E-state index in [1.807, 2.05) is 11.3 Å². The van der Waals surface area contributed by atoms with Crippen molar-refractivity contribution in [2.24, 2.45) is 4.99 Å². The summed E-state index contributed by atoms with van der Waals surface area (Å²) in [5.74, 6) is -0.0788. The van der Waals surface area contributed by atoms with Gasteiger partial charge in [0.15, 0.2) is 0 Å². The third kappa shape index (κ3) is 4.87. The molecule has 0 fully saturated rings. The van der Waals surface area contributed by atoms with Crippen molar-refractivity contribution in [3.05, 3.63) is 84.6 Å². The molecule has 4 rings (SSSR count).